The molecule has 0 atom stereocenters. The lowest BCUT2D eigenvalue weighted by Gasteiger charge is -2.29. The van der Waals surface area contributed by atoms with Gasteiger partial charge in [0.1, 0.15) is 0 Å². The molecule has 0 saturated carbocycles. The molecule has 1 aliphatic rings. The quantitative estimate of drug-likeness (QED) is 0.416. The van der Waals surface area contributed by atoms with Crippen LogP contribution in [0, 0.1) is 5.92 Å². The number of piperidine rings is 1. The van der Waals surface area contributed by atoms with Gasteiger partial charge in [0.2, 0.25) is 5.76 Å². The molecule has 0 bridgehead atoms. The van der Waals surface area contributed by atoms with E-state index in [-0.39, 0.29) is 12.6 Å². The van der Waals surface area contributed by atoms with Crippen LogP contribution in [0.2, 0.25) is 0 Å². The Labute approximate surface area is 96.5 Å². The molecule has 1 aliphatic heterocycles. The average Bonchev–Trinajstić information content (AvgIpc) is 2.26. The van der Waals surface area contributed by atoms with E-state index in [0.29, 0.717) is 5.76 Å². The Morgan fingerprint density at radius 1 is 1.50 bits per heavy atom. The minimum atomic E-state index is -0.330. The van der Waals surface area contributed by atoms with Gasteiger partial charge in [-0.15, -0.1) is 5.06 Å². The van der Waals surface area contributed by atoms with Crippen LogP contribution >= 0.6 is 0 Å². The highest BCUT2D eigenvalue weighted by Crippen LogP contribution is 2.17. The first-order chi connectivity index (χ1) is 7.61. The number of hydrogen-bond donors (Lipinski definition) is 0. The van der Waals surface area contributed by atoms with Crippen LogP contribution in [0.4, 0.5) is 0 Å². The minimum absolute atomic E-state index is 0.102. The van der Waals surface area contributed by atoms with Crippen LogP contribution in [0.5, 0.6) is 0 Å². The summed E-state index contributed by atoms with van der Waals surface area (Å²) in [6.45, 7) is 9.01. The number of ether oxygens (including phenoxy) is 1. The number of hydroxylamine groups is 2. The molecule has 0 aliphatic carbocycles. The van der Waals surface area contributed by atoms with Crippen molar-refractivity contribution >= 4 is 5.97 Å². The van der Waals surface area contributed by atoms with Crippen molar-refractivity contribution in [2.75, 3.05) is 19.7 Å². The molecular weight excluding hydrogens is 206 g/mol. The maximum absolute atomic E-state index is 10.6. The molecule has 0 aromatic rings. The van der Waals surface area contributed by atoms with Crippen LogP contribution < -0.4 is 0 Å². The number of carbonyl (C=O) groups excluding carboxylic acids is 1. The molecule has 1 heterocycles. The van der Waals surface area contributed by atoms with Crippen LogP contribution in [-0.2, 0) is 14.4 Å². The standard InChI is InChI=1S/C12H19NO3/c1-4-12(9-15-11(3)14)16-13-7-5-10(2)6-8-13/h10H,1,5-9H2,2-3H3. The highest BCUT2D eigenvalue weighted by atomic mass is 16.7. The number of esters is 1. The Bertz CT molecular complexity index is 287. The van der Waals surface area contributed by atoms with Crippen LogP contribution in [0.1, 0.15) is 26.7 Å². The topological polar surface area (TPSA) is 38.8 Å². The molecule has 0 spiro atoms. The highest BCUT2D eigenvalue weighted by molar-refractivity contribution is 5.66. The van der Waals surface area contributed by atoms with Crippen molar-refractivity contribution in [3.05, 3.63) is 18.1 Å². The number of rotatable bonds is 4. The van der Waals surface area contributed by atoms with Crippen molar-refractivity contribution in [2.24, 2.45) is 5.92 Å². The SMILES string of the molecule is C=C=C(COC(C)=O)ON1CCC(C)CC1. The van der Waals surface area contributed by atoms with Gasteiger partial charge in [0, 0.05) is 20.0 Å². The van der Waals surface area contributed by atoms with E-state index in [4.69, 9.17) is 9.57 Å². The third-order valence-electron chi connectivity index (χ3n) is 2.59. The molecule has 0 aromatic carbocycles. The van der Waals surface area contributed by atoms with Crippen LogP contribution in [0.3, 0.4) is 0 Å². The first kappa shape index (κ1) is 12.8. The van der Waals surface area contributed by atoms with Crippen LogP contribution in [0.15, 0.2) is 18.1 Å². The van der Waals surface area contributed by atoms with Gasteiger partial charge in [-0.05, 0) is 18.8 Å². The van der Waals surface area contributed by atoms with Crippen molar-refractivity contribution in [3.63, 3.8) is 0 Å². The van der Waals surface area contributed by atoms with Gasteiger partial charge in [0.05, 0.1) is 0 Å². The van der Waals surface area contributed by atoms with Crippen LogP contribution in [0.25, 0.3) is 0 Å². The Balaban J connectivity index is 2.33. The van der Waals surface area contributed by atoms with Crippen molar-refractivity contribution in [2.45, 2.75) is 26.7 Å². The molecule has 0 radical (unpaired) electrons. The Kier molecular flexibility index (Phi) is 5.09. The number of nitrogens with zero attached hydrogens (tertiary/aromatic N) is 1. The predicted molar refractivity (Wildman–Crippen MR) is 60.3 cm³/mol. The van der Waals surface area contributed by atoms with E-state index in [1.807, 2.05) is 5.06 Å². The van der Waals surface area contributed by atoms with E-state index in [0.717, 1.165) is 31.8 Å². The molecule has 1 saturated heterocycles. The van der Waals surface area contributed by atoms with Crippen LogP contribution in [-0.4, -0.2) is 30.7 Å². The molecule has 1 rings (SSSR count). The molecular formula is C12H19NO3. The summed E-state index contributed by atoms with van der Waals surface area (Å²) in [5, 5.41) is 1.87. The maximum atomic E-state index is 10.6. The summed E-state index contributed by atoms with van der Waals surface area (Å²) in [5.41, 5.74) is 2.64. The third kappa shape index (κ3) is 4.51. The lowest BCUT2D eigenvalue weighted by molar-refractivity contribution is -0.156. The summed E-state index contributed by atoms with van der Waals surface area (Å²) in [6, 6.07) is 0. The van der Waals surface area contributed by atoms with E-state index in [1.54, 1.807) is 0 Å². The van der Waals surface area contributed by atoms with E-state index < -0.39 is 0 Å². The van der Waals surface area contributed by atoms with Gasteiger partial charge in [0.25, 0.3) is 0 Å². The van der Waals surface area contributed by atoms with E-state index >= 15 is 0 Å². The second kappa shape index (κ2) is 6.36. The molecule has 4 heteroatoms. The van der Waals surface area contributed by atoms with Gasteiger partial charge < -0.3 is 9.57 Å². The highest BCUT2D eigenvalue weighted by Gasteiger charge is 2.17. The van der Waals surface area contributed by atoms with Gasteiger partial charge in [-0.25, -0.2) is 0 Å². The molecule has 90 valence electrons. The monoisotopic (exact) mass is 225 g/mol. The molecule has 16 heavy (non-hydrogen) atoms. The Hall–Kier alpha value is -1.25. The van der Waals surface area contributed by atoms with Gasteiger partial charge in [-0.2, -0.15) is 0 Å². The minimum Gasteiger partial charge on any atom is -0.457 e. The molecule has 4 nitrogen and oxygen atoms in total. The van der Waals surface area contributed by atoms with Crippen molar-refractivity contribution < 1.29 is 14.4 Å². The summed E-state index contributed by atoms with van der Waals surface area (Å²) in [6.07, 6.45) is 2.25. The van der Waals surface area contributed by atoms with Gasteiger partial charge >= 0.3 is 5.97 Å². The van der Waals surface area contributed by atoms with Crippen molar-refractivity contribution in [3.8, 4) is 0 Å². The average molecular weight is 225 g/mol. The zero-order chi connectivity index (χ0) is 12.0. The fraction of sp³-hybridized carbons (Fsp3) is 0.667. The largest absolute Gasteiger partial charge is 0.457 e. The van der Waals surface area contributed by atoms with E-state index in [1.165, 1.54) is 6.92 Å². The summed E-state index contributed by atoms with van der Waals surface area (Å²) in [5.74, 6) is 0.887. The Morgan fingerprint density at radius 3 is 2.62 bits per heavy atom. The second-order valence-electron chi connectivity index (χ2n) is 4.08. The first-order valence-electron chi connectivity index (χ1n) is 5.57. The summed E-state index contributed by atoms with van der Waals surface area (Å²) >= 11 is 0. The molecule has 0 unspecified atom stereocenters. The van der Waals surface area contributed by atoms with E-state index in [9.17, 15) is 4.79 Å². The maximum Gasteiger partial charge on any atom is 0.303 e. The van der Waals surface area contributed by atoms with E-state index in [2.05, 4.69) is 19.2 Å². The van der Waals surface area contributed by atoms with Crippen molar-refractivity contribution in [1.29, 1.82) is 0 Å². The summed E-state index contributed by atoms with van der Waals surface area (Å²) in [7, 11) is 0. The Morgan fingerprint density at radius 2 is 2.12 bits per heavy atom. The number of hydrogen-bond acceptors (Lipinski definition) is 4. The zero-order valence-corrected chi connectivity index (χ0v) is 9.99. The molecule has 0 amide bonds. The molecule has 0 N–H and O–H groups in total. The van der Waals surface area contributed by atoms with Gasteiger partial charge in [-0.1, -0.05) is 19.2 Å². The first-order valence-corrected chi connectivity index (χ1v) is 5.57. The predicted octanol–water partition coefficient (Wildman–Crippen LogP) is 1.88. The summed E-state index contributed by atoms with van der Waals surface area (Å²) in [4.78, 5) is 16.2. The van der Waals surface area contributed by atoms with Gasteiger partial charge in [0.15, 0.2) is 6.61 Å². The van der Waals surface area contributed by atoms with Crippen molar-refractivity contribution in [1.82, 2.24) is 5.06 Å². The number of carbonyl (C=O) groups is 1. The summed E-state index contributed by atoms with van der Waals surface area (Å²) < 4.78 is 4.83. The smallest absolute Gasteiger partial charge is 0.303 e. The lowest BCUT2D eigenvalue weighted by atomic mass is 10.0. The second-order valence-corrected chi connectivity index (χ2v) is 4.08. The fourth-order valence-corrected chi connectivity index (χ4v) is 1.51. The molecule has 1 fully saturated rings. The van der Waals surface area contributed by atoms with Gasteiger partial charge in [-0.3, -0.25) is 4.79 Å². The lowest BCUT2D eigenvalue weighted by Crippen LogP contribution is -2.33. The fourth-order valence-electron chi connectivity index (χ4n) is 1.51. The zero-order valence-electron chi connectivity index (χ0n) is 9.99. The molecule has 0 aromatic heterocycles. The normalized spacial score (nSPS) is 17.6. The third-order valence-corrected chi connectivity index (χ3v) is 2.59.